The summed E-state index contributed by atoms with van der Waals surface area (Å²) in [5.41, 5.74) is 1.55. The molecular weight excluding hydrogens is 420 g/mol. The highest BCUT2D eigenvalue weighted by molar-refractivity contribution is 6.31. The quantitative estimate of drug-likeness (QED) is 0.443. The highest BCUT2D eigenvalue weighted by atomic mass is 35.5. The van der Waals surface area contributed by atoms with Crippen molar-refractivity contribution in [2.24, 2.45) is 13.0 Å². The van der Waals surface area contributed by atoms with Crippen molar-refractivity contribution in [2.75, 3.05) is 13.1 Å². The van der Waals surface area contributed by atoms with Crippen molar-refractivity contribution in [3.63, 3.8) is 0 Å². The van der Waals surface area contributed by atoms with Crippen LogP contribution in [-0.4, -0.2) is 44.4 Å². The Balaban J connectivity index is 1.27. The second-order valence-electron chi connectivity index (χ2n) is 7.61. The fraction of sp³-hybridized carbons (Fsp3) is 0.273. The van der Waals surface area contributed by atoms with E-state index < -0.39 is 0 Å². The van der Waals surface area contributed by atoms with E-state index in [-0.39, 0.29) is 29.4 Å². The third-order valence-electron chi connectivity index (χ3n) is 5.74. The van der Waals surface area contributed by atoms with Crippen LogP contribution >= 0.6 is 11.6 Å². The zero-order valence-corrected chi connectivity index (χ0v) is 17.5. The van der Waals surface area contributed by atoms with E-state index in [0.29, 0.717) is 42.4 Å². The molecule has 1 fully saturated rings. The van der Waals surface area contributed by atoms with Gasteiger partial charge in [-0.1, -0.05) is 11.6 Å². The molecule has 0 radical (unpaired) electrons. The molecule has 0 unspecified atom stereocenters. The SMILES string of the molecule is Cn1c(C(=O)N2CCC(C(=O)c3nnc(-c4ccco4)o3)CC2)cc2cc(Cl)ccc21. The predicted molar refractivity (Wildman–Crippen MR) is 113 cm³/mol. The minimum atomic E-state index is -0.264. The van der Waals surface area contributed by atoms with Gasteiger partial charge < -0.3 is 18.3 Å². The number of aromatic nitrogens is 3. The fourth-order valence-corrected chi connectivity index (χ4v) is 4.21. The van der Waals surface area contributed by atoms with Crippen molar-refractivity contribution in [3.05, 3.63) is 59.3 Å². The summed E-state index contributed by atoms with van der Waals surface area (Å²) in [6.45, 7) is 0.966. The lowest BCUT2D eigenvalue weighted by molar-refractivity contribution is 0.0634. The number of halogens is 1. The van der Waals surface area contributed by atoms with Gasteiger partial charge in [0.1, 0.15) is 5.69 Å². The zero-order chi connectivity index (χ0) is 21.5. The summed E-state index contributed by atoms with van der Waals surface area (Å²) in [6, 6.07) is 10.8. The van der Waals surface area contributed by atoms with Gasteiger partial charge in [-0.25, -0.2) is 0 Å². The largest absolute Gasteiger partial charge is 0.459 e. The number of nitrogens with zero attached hydrogens (tertiary/aromatic N) is 4. The highest BCUT2D eigenvalue weighted by Crippen LogP contribution is 2.27. The van der Waals surface area contributed by atoms with Gasteiger partial charge in [0.15, 0.2) is 5.76 Å². The Morgan fingerprint density at radius 1 is 1.13 bits per heavy atom. The molecular formula is C22H19ClN4O4. The number of hydrogen-bond donors (Lipinski definition) is 0. The second-order valence-corrected chi connectivity index (χ2v) is 8.05. The van der Waals surface area contributed by atoms with Gasteiger partial charge in [0.2, 0.25) is 5.78 Å². The topological polar surface area (TPSA) is 94.4 Å². The lowest BCUT2D eigenvalue weighted by Crippen LogP contribution is -2.41. The van der Waals surface area contributed by atoms with Crippen molar-refractivity contribution in [2.45, 2.75) is 12.8 Å². The molecule has 31 heavy (non-hydrogen) atoms. The van der Waals surface area contributed by atoms with Crippen molar-refractivity contribution in [1.29, 1.82) is 0 Å². The first-order valence-corrected chi connectivity index (χ1v) is 10.3. The average Bonchev–Trinajstić information content (AvgIpc) is 3.53. The smallest absolute Gasteiger partial charge is 0.284 e. The molecule has 0 bridgehead atoms. The van der Waals surface area contributed by atoms with Crippen LogP contribution in [0.25, 0.3) is 22.6 Å². The number of carbonyl (C=O) groups is 2. The molecule has 0 atom stereocenters. The Morgan fingerprint density at radius 2 is 1.94 bits per heavy atom. The maximum absolute atomic E-state index is 13.1. The number of rotatable bonds is 4. The zero-order valence-electron chi connectivity index (χ0n) is 16.7. The highest BCUT2D eigenvalue weighted by Gasteiger charge is 2.32. The number of aryl methyl sites for hydroxylation is 1. The number of piperidine rings is 1. The summed E-state index contributed by atoms with van der Waals surface area (Å²) >= 11 is 6.08. The van der Waals surface area contributed by atoms with Gasteiger partial charge in [-0.05, 0) is 49.2 Å². The number of benzene rings is 1. The summed E-state index contributed by atoms with van der Waals surface area (Å²) in [4.78, 5) is 27.7. The molecule has 9 heteroatoms. The molecule has 3 aromatic heterocycles. The van der Waals surface area contributed by atoms with E-state index in [2.05, 4.69) is 10.2 Å². The number of furan rings is 1. The van der Waals surface area contributed by atoms with E-state index in [0.717, 1.165) is 10.9 Å². The van der Waals surface area contributed by atoms with Gasteiger partial charge in [0.05, 0.1) is 6.26 Å². The van der Waals surface area contributed by atoms with Gasteiger partial charge in [-0.2, -0.15) is 0 Å². The van der Waals surface area contributed by atoms with Crippen LogP contribution in [0.2, 0.25) is 5.02 Å². The second kappa shape index (κ2) is 7.70. The molecule has 0 N–H and O–H groups in total. The number of likely N-dealkylation sites (tertiary alicyclic amines) is 1. The molecule has 1 aliphatic heterocycles. The van der Waals surface area contributed by atoms with Gasteiger partial charge >= 0.3 is 0 Å². The lowest BCUT2D eigenvalue weighted by Gasteiger charge is -2.30. The van der Waals surface area contributed by atoms with Gasteiger partial charge in [-0.3, -0.25) is 9.59 Å². The van der Waals surface area contributed by atoms with Gasteiger partial charge in [0, 0.05) is 42.0 Å². The van der Waals surface area contributed by atoms with E-state index in [9.17, 15) is 9.59 Å². The Kier molecular flexibility index (Phi) is 4.86. The number of Topliss-reactive ketones (excluding diaryl/α,β-unsaturated/α-hetero) is 1. The van der Waals surface area contributed by atoms with Gasteiger partial charge in [0.25, 0.3) is 17.7 Å². The maximum Gasteiger partial charge on any atom is 0.284 e. The van der Waals surface area contributed by atoms with E-state index in [1.807, 2.05) is 35.9 Å². The minimum Gasteiger partial charge on any atom is -0.459 e. The molecule has 4 aromatic rings. The fourth-order valence-electron chi connectivity index (χ4n) is 4.03. The van der Waals surface area contributed by atoms with Crippen molar-refractivity contribution in [3.8, 4) is 11.7 Å². The first kappa shape index (κ1) is 19.6. The van der Waals surface area contributed by atoms with E-state index in [1.54, 1.807) is 17.0 Å². The number of fused-ring (bicyclic) bond motifs is 1. The summed E-state index contributed by atoms with van der Waals surface area (Å²) < 4.78 is 12.6. The summed E-state index contributed by atoms with van der Waals surface area (Å²) in [5.74, 6) is 0.0531. The third kappa shape index (κ3) is 3.53. The molecule has 1 aromatic carbocycles. The molecule has 0 spiro atoms. The van der Waals surface area contributed by atoms with Crippen molar-refractivity contribution in [1.82, 2.24) is 19.7 Å². The molecule has 158 valence electrons. The molecule has 8 nitrogen and oxygen atoms in total. The van der Waals surface area contributed by atoms with E-state index in [1.165, 1.54) is 6.26 Å². The standard InChI is InChI=1S/C22H19ClN4O4/c1-26-16-5-4-15(23)11-14(16)12-17(26)22(29)27-8-6-13(7-9-27)19(28)21-25-24-20(31-21)18-3-2-10-30-18/h2-5,10-13H,6-9H2,1H3. The van der Waals surface area contributed by atoms with Crippen LogP contribution in [0.3, 0.4) is 0 Å². The summed E-state index contributed by atoms with van der Waals surface area (Å²) in [5, 5.41) is 9.31. The maximum atomic E-state index is 13.1. The van der Waals surface area contributed by atoms with Crippen LogP contribution in [0.1, 0.15) is 34.0 Å². The van der Waals surface area contributed by atoms with E-state index in [4.69, 9.17) is 20.4 Å². The van der Waals surface area contributed by atoms with Crippen LogP contribution in [0, 0.1) is 5.92 Å². The molecule has 1 amide bonds. The Morgan fingerprint density at radius 3 is 2.68 bits per heavy atom. The first-order valence-electron chi connectivity index (χ1n) is 9.97. The molecule has 1 saturated heterocycles. The van der Waals surface area contributed by atoms with Gasteiger partial charge in [-0.15, -0.1) is 10.2 Å². The number of hydrogen-bond acceptors (Lipinski definition) is 6. The van der Waals surface area contributed by atoms with Crippen molar-refractivity contribution >= 4 is 34.2 Å². The number of carbonyl (C=O) groups excluding carboxylic acids is 2. The van der Waals surface area contributed by atoms with Crippen LogP contribution in [0.15, 0.2) is 51.5 Å². The monoisotopic (exact) mass is 438 g/mol. The molecule has 0 aliphatic carbocycles. The number of amides is 1. The van der Waals surface area contributed by atoms with Crippen molar-refractivity contribution < 1.29 is 18.4 Å². The summed E-state index contributed by atoms with van der Waals surface area (Å²) in [7, 11) is 1.87. The Bertz CT molecular complexity index is 1270. The van der Waals surface area contributed by atoms with Crippen LogP contribution in [0.4, 0.5) is 0 Å². The van der Waals surface area contributed by atoms with Crippen LogP contribution in [-0.2, 0) is 7.05 Å². The number of ketones is 1. The molecule has 1 aliphatic rings. The first-order chi connectivity index (χ1) is 15.0. The normalized spacial score (nSPS) is 15.0. The molecule has 5 rings (SSSR count). The lowest BCUT2D eigenvalue weighted by atomic mass is 9.92. The predicted octanol–water partition coefficient (Wildman–Crippen LogP) is 4.21. The van der Waals surface area contributed by atoms with E-state index >= 15 is 0 Å². The van der Waals surface area contributed by atoms with Crippen LogP contribution in [0.5, 0.6) is 0 Å². The molecule has 0 saturated carbocycles. The molecule has 4 heterocycles. The summed E-state index contributed by atoms with van der Waals surface area (Å²) in [6.07, 6.45) is 2.58. The Labute approximate surface area is 182 Å². The Hall–Kier alpha value is -3.39. The minimum absolute atomic E-state index is 0.0262. The average molecular weight is 439 g/mol. The third-order valence-corrected chi connectivity index (χ3v) is 5.98. The van der Waals surface area contributed by atoms with Crippen LogP contribution < -0.4 is 0 Å².